The Bertz CT molecular complexity index is 988. The fraction of sp³-hybridized carbons (Fsp3) is 0.227. The summed E-state index contributed by atoms with van der Waals surface area (Å²) in [5.41, 5.74) is 4.00. The van der Waals surface area contributed by atoms with Crippen molar-refractivity contribution < 1.29 is 19.0 Å². The number of fused-ring (bicyclic) bond motifs is 1. The Kier molecular flexibility index (Phi) is 4.96. The third kappa shape index (κ3) is 3.10. The van der Waals surface area contributed by atoms with Crippen LogP contribution in [0.15, 0.2) is 47.8 Å². The van der Waals surface area contributed by atoms with Gasteiger partial charge in [0.1, 0.15) is 0 Å². The van der Waals surface area contributed by atoms with Crippen molar-refractivity contribution in [3.8, 4) is 28.4 Å². The molecule has 1 atom stereocenters. The van der Waals surface area contributed by atoms with Crippen LogP contribution in [-0.4, -0.2) is 27.2 Å². The summed E-state index contributed by atoms with van der Waals surface area (Å²) in [7, 11) is 4.77. The first-order valence-corrected chi connectivity index (χ1v) is 9.80. The van der Waals surface area contributed by atoms with Crippen molar-refractivity contribution in [2.45, 2.75) is 12.3 Å². The Labute approximate surface area is 167 Å². The second-order valence-electron chi connectivity index (χ2n) is 6.52. The van der Waals surface area contributed by atoms with E-state index in [-0.39, 0.29) is 11.8 Å². The maximum Gasteiger partial charge on any atom is 0.225 e. The van der Waals surface area contributed by atoms with Crippen LogP contribution in [0.2, 0.25) is 0 Å². The topological polar surface area (TPSA) is 56.8 Å². The average molecular weight is 395 g/mol. The van der Waals surface area contributed by atoms with Crippen molar-refractivity contribution in [1.29, 1.82) is 0 Å². The van der Waals surface area contributed by atoms with Crippen molar-refractivity contribution in [2.75, 3.05) is 26.6 Å². The number of nitrogens with one attached hydrogen (secondary N) is 1. The lowest BCUT2D eigenvalue weighted by atomic mass is 9.88. The van der Waals surface area contributed by atoms with Crippen LogP contribution in [0.4, 0.5) is 5.69 Å². The fourth-order valence-electron chi connectivity index (χ4n) is 3.63. The van der Waals surface area contributed by atoms with Gasteiger partial charge in [0.2, 0.25) is 11.7 Å². The van der Waals surface area contributed by atoms with E-state index in [9.17, 15) is 4.79 Å². The standard InChI is InChI=1S/C22H21NO4S/c1-25-17-9-14(10-18(26-2)21(17)27-3)15-11-19(24)23-20-16(12-28-22(15)20)13-7-5-4-6-8-13/h4-10,12,15H,11H2,1-3H3,(H,23,24)/t15-/m0/s1. The molecular formula is C22H21NO4S. The Hall–Kier alpha value is -2.99. The molecule has 0 spiro atoms. The van der Waals surface area contributed by atoms with Gasteiger partial charge in [-0.15, -0.1) is 11.3 Å². The summed E-state index contributed by atoms with van der Waals surface area (Å²) in [5, 5.41) is 5.18. The van der Waals surface area contributed by atoms with Gasteiger partial charge in [0.25, 0.3) is 0 Å². The molecule has 0 saturated carbocycles. The lowest BCUT2D eigenvalue weighted by Crippen LogP contribution is -2.22. The molecule has 2 heterocycles. The lowest BCUT2D eigenvalue weighted by Gasteiger charge is -2.25. The van der Waals surface area contributed by atoms with Gasteiger partial charge in [0.05, 0.1) is 27.0 Å². The molecule has 6 heteroatoms. The van der Waals surface area contributed by atoms with E-state index in [1.807, 2.05) is 30.3 Å². The van der Waals surface area contributed by atoms with E-state index in [1.165, 1.54) is 0 Å². The van der Waals surface area contributed by atoms with Gasteiger partial charge in [-0.1, -0.05) is 30.3 Å². The van der Waals surface area contributed by atoms with Crippen LogP contribution in [-0.2, 0) is 4.79 Å². The number of hydrogen-bond donors (Lipinski definition) is 1. The van der Waals surface area contributed by atoms with Gasteiger partial charge in [-0.05, 0) is 23.3 Å². The van der Waals surface area contributed by atoms with E-state index in [1.54, 1.807) is 32.7 Å². The number of ether oxygens (including phenoxy) is 3. The number of benzene rings is 2. The number of methoxy groups -OCH3 is 3. The molecule has 0 aliphatic carbocycles. The van der Waals surface area contributed by atoms with Crippen LogP contribution in [0.3, 0.4) is 0 Å². The maximum absolute atomic E-state index is 12.5. The lowest BCUT2D eigenvalue weighted by molar-refractivity contribution is -0.116. The minimum absolute atomic E-state index is 0.00170. The third-order valence-electron chi connectivity index (χ3n) is 4.96. The first-order chi connectivity index (χ1) is 13.7. The summed E-state index contributed by atoms with van der Waals surface area (Å²) in [6.45, 7) is 0. The molecule has 1 aromatic heterocycles. The SMILES string of the molecule is COc1cc([C@@H]2CC(=O)Nc3c(-c4ccccc4)csc32)cc(OC)c1OC. The van der Waals surface area contributed by atoms with Gasteiger partial charge in [0, 0.05) is 28.2 Å². The molecular weight excluding hydrogens is 374 g/mol. The second-order valence-corrected chi connectivity index (χ2v) is 7.43. The van der Waals surface area contributed by atoms with Gasteiger partial charge in [-0.2, -0.15) is 0 Å². The molecule has 1 N–H and O–H groups in total. The van der Waals surface area contributed by atoms with Crippen molar-refractivity contribution in [3.05, 3.63) is 58.3 Å². The predicted molar refractivity (Wildman–Crippen MR) is 111 cm³/mol. The molecule has 1 aliphatic rings. The highest BCUT2D eigenvalue weighted by Gasteiger charge is 2.31. The molecule has 1 amide bonds. The Balaban J connectivity index is 1.83. The molecule has 5 nitrogen and oxygen atoms in total. The zero-order valence-corrected chi connectivity index (χ0v) is 16.8. The Morgan fingerprint density at radius 1 is 1.00 bits per heavy atom. The van der Waals surface area contributed by atoms with Crippen LogP contribution in [0.1, 0.15) is 22.8 Å². The highest BCUT2D eigenvalue weighted by Crippen LogP contribution is 2.49. The minimum atomic E-state index is -0.0695. The van der Waals surface area contributed by atoms with E-state index in [0.717, 1.165) is 27.3 Å². The smallest absolute Gasteiger partial charge is 0.225 e. The number of carbonyl (C=O) groups excluding carboxylic acids is 1. The number of hydrogen-bond acceptors (Lipinski definition) is 5. The van der Waals surface area contributed by atoms with Crippen LogP contribution in [0, 0.1) is 0 Å². The first kappa shape index (κ1) is 18.4. The number of anilines is 1. The zero-order valence-electron chi connectivity index (χ0n) is 15.9. The second kappa shape index (κ2) is 7.56. The number of rotatable bonds is 5. The summed E-state index contributed by atoms with van der Waals surface area (Å²) in [6.07, 6.45) is 0.375. The maximum atomic E-state index is 12.5. The van der Waals surface area contributed by atoms with Gasteiger partial charge in [0.15, 0.2) is 11.5 Å². The highest BCUT2D eigenvalue weighted by atomic mass is 32.1. The number of thiophene rings is 1. The van der Waals surface area contributed by atoms with Crippen molar-refractivity contribution in [3.63, 3.8) is 0 Å². The molecule has 0 bridgehead atoms. The molecule has 144 valence electrons. The Morgan fingerprint density at radius 3 is 2.29 bits per heavy atom. The molecule has 0 unspecified atom stereocenters. The molecule has 4 rings (SSSR count). The molecule has 1 aliphatic heterocycles. The van der Waals surface area contributed by atoms with Crippen molar-refractivity contribution in [1.82, 2.24) is 0 Å². The minimum Gasteiger partial charge on any atom is -0.493 e. The first-order valence-electron chi connectivity index (χ1n) is 8.92. The van der Waals surface area contributed by atoms with Crippen LogP contribution in [0.5, 0.6) is 17.2 Å². The third-order valence-corrected chi connectivity index (χ3v) is 6.06. The molecule has 3 aromatic rings. The summed E-state index contributed by atoms with van der Waals surface area (Å²) in [5.74, 6) is 1.65. The Morgan fingerprint density at radius 2 is 1.68 bits per heavy atom. The number of amides is 1. The van der Waals surface area contributed by atoms with E-state index >= 15 is 0 Å². The highest BCUT2D eigenvalue weighted by molar-refractivity contribution is 7.11. The van der Waals surface area contributed by atoms with Crippen molar-refractivity contribution >= 4 is 22.9 Å². The monoisotopic (exact) mass is 395 g/mol. The van der Waals surface area contributed by atoms with E-state index in [2.05, 4.69) is 22.8 Å². The van der Waals surface area contributed by atoms with Gasteiger partial charge in [-0.25, -0.2) is 0 Å². The van der Waals surface area contributed by atoms with E-state index in [0.29, 0.717) is 23.7 Å². The normalized spacial score (nSPS) is 15.5. The van der Waals surface area contributed by atoms with Crippen LogP contribution < -0.4 is 19.5 Å². The molecule has 0 radical (unpaired) electrons. The van der Waals surface area contributed by atoms with Crippen LogP contribution >= 0.6 is 11.3 Å². The van der Waals surface area contributed by atoms with Gasteiger partial charge < -0.3 is 19.5 Å². The fourth-order valence-corrected chi connectivity index (χ4v) is 4.79. The van der Waals surface area contributed by atoms with Crippen molar-refractivity contribution in [2.24, 2.45) is 0 Å². The molecule has 28 heavy (non-hydrogen) atoms. The predicted octanol–water partition coefficient (Wildman–Crippen LogP) is 4.92. The van der Waals surface area contributed by atoms with Crippen LogP contribution in [0.25, 0.3) is 11.1 Å². The van der Waals surface area contributed by atoms with E-state index < -0.39 is 0 Å². The molecule has 0 fully saturated rings. The summed E-state index contributed by atoms with van der Waals surface area (Å²) < 4.78 is 16.4. The largest absolute Gasteiger partial charge is 0.493 e. The quantitative estimate of drug-likeness (QED) is 0.667. The van der Waals surface area contributed by atoms with Gasteiger partial charge >= 0.3 is 0 Å². The summed E-state index contributed by atoms with van der Waals surface area (Å²) in [4.78, 5) is 13.7. The molecule has 2 aromatic carbocycles. The summed E-state index contributed by atoms with van der Waals surface area (Å²) in [6, 6.07) is 13.9. The average Bonchev–Trinajstić information content (AvgIpc) is 3.16. The van der Waals surface area contributed by atoms with E-state index in [4.69, 9.17) is 14.2 Å². The van der Waals surface area contributed by atoms with Gasteiger partial charge in [-0.3, -0.25) is 4.79 Å². The summed E-state index contributed by atoms with van der Waals surface area (Å²) >= 11 is 1.66. The number of carbonyl (C=O) groups is 1. The zero-order chi connectivity index (χ0) is 19.7. The molecule has 0 saturated heterocycles.